The third-order valence-electron chi connectivity index (χ3n) is 3.62. The zero-order chi connectivity index (χ0) is 20.2. The van der Waals surface area contributed by atoms with Crippen LogP contribution in [0.1, 0.15) is 22.8 Å². The third kappa shape index (κ3) is 4.90. The molecule has 0 aliphatic carbocycles. The molecule has 1 atom stereocenters. The Labute approximate surface area is 153 Å². The highest BCUT2D eigenvalue weighted by molar-refractivity contribution is 6.00. The summed E-state index contributed by atoms with van der Waals surface area (Å²) in [6.07, 6.45) is -5.80. The molecule has 2 aromatic rings. The van der Waals surface area contributed by atoms with Crippen LogP contribution in [0.5, 0.6) is 5.75 Å². The van der Waals surface area contributed by atoms with Crippen molar-refractivity contribution in [3.05, 3.63) is 53.6 Å². The van der Waals surface area contributed by atoms with Gasteiger partial charge in [0, 0.05) is 5.69 Å². The van der Waals surface area contributed by atoms with Crippen molar-refractivity contribution in [3.8, 4) is 5.75 Å². The number of anilines is 2. The van der Waals surface area contributed by atoms with Gasteiger partial charge in [-0.05, 0) is 37.3 Å². The van der Waals surface area contributed by atoms with Crippen LogP contribution >= 0.6 is 0 Å². The van der Waals surface area contributed by atoms with Gasteiger partial charge in [0.25, 0.3) is 5.91 Å². The Morgan fingerprint density at radius 1 is 1.15 bits per heavy atom. The summed E-state index contributed by atoms with van der Waals surface area (Å²) < 4.78 is 48.0. The number of hydrogen-bond donors (Lipinski definition) is 2. The molecule has 2 aromatic carbocycles. The largest absolute Gasteiger partial charge is 0.495 e. The summed E-state index contributed by atoms with van der Waals surface area (Å²) in [7, 11) is 1.43. The first-order chi connectivity index (χ1) is 12.6. The van der Waals surface area contributed by atoms with Gasteiger partial charge >= 0.3 is 12.1 Å². The predicted octanol–water partition coefficient (Wildman–Crippen LogP) is 3.48. The molecule has 0 bridgehead atoms. The van der Waals surface area contributed by atoms with Gasteiger partial charge in [0.05, 0.1) is 23.9 Å². The number of alkyl halides is 3. The van der Waals surface area contributed by atoms with E-state index in [9.17, 15) is 22.8 Å². The molecular weight excluding hydrogens is 365 g/mol. The molecule has 0 aliphatic heterocycles. The number of nitrogens with two attached hydrogens (primary N) is 1. The van der Waals surface area contributed by atoms with Gasteiger partial charge in [-0.3, -0.25) is 4.79 Å². The number of benzene rings is 2. The first-order valence-electron chi connectivity index (χ1n) is 7.75. The number of halogens is 3. The van der Waals surface area contributed by atoms with Crippen LogP contribution in [-0.2, 0) is 15.7 Å². The molecule has 9 heteroatoms. The van der Waals surface area contributed by atoms with Gasteiger partial charge in [0.15, 0.2) is 6.10 Å². The topological polar surface area (TPSA) is 90.6 Å². The molecule has 3 N–H and O–H groups in total. The van der Waals surface area contributed by atoms with Crippen LogP contribution in [0.2, 0.25) is 0 Å². The number of esters is 1. The summed E-state index contributed by atoms with van der Waals surface area (Å²) in [5.41, 5.74) is 4.24. The van der Waals surface area contributed by atoms with Crippen molar-refractivity contribution < 1.29 is 32.2 Å². The number of amides is 1. The lowest BCUT2D eigenvalue weighted by Crippen LogP contribution is -2.30. The van der Waals surface area contributed by atoms with Crippen LogP contribution < -0.4 is 15.8 Å². The molecule has 0 fully saturated rings. The molecule has 0 saturated carbocycles. The van der Waals surface area contributed by atoms with Crippen LogP contribution in [0.3, 0.4) is 0 Å². The highest BCUT2D eigenvalue weighted by atomic mass is 19.4. The number of hydrogen-bond acceptors (Lipinski definition) is 5. The van der Waals surface area contributed by atoms with Crippen molar-refractivity contribution in [1.29, 1.82) is 0 Å². The van der Waals surface area contributed by atoms with Gasteiger partial charge in [-0.2, -0.15) is 13.2 Å². The highest BCUT2D eigenvalue weighted by Crippen LogP contribution is 2.31. The smallest absolute Gasteiger partial charge is 0.416 e. The van der Waals surface area contributed by atoms with E-state index in [4.69, 9.17) is 15.2 Å². The summed E-state index contributed by atoms with van der Waals surface area (Å²) in [4.78, 5) is 24.3. The maximum atomic E-state index is 12.7. The highest BCUT2D eigenvalue weighted by Gasteiger charge is 2.31. The lowest BCUT2D eigenvalue weighted by Gasteiger charge is -2.16. The van der Waals surface area contributed by atoms with E-state index in [2.05, 4.69) is 5.32 Å². The molecule has 2 rings (SSSR count). The quantitative estimate of drug-likeness (QED) is 0.610. The zero-order valence-corrected chi connectivity index (χ0v) is 14.5. The van der Waals surface area contributed by atoms with E-state index in [0.29, 0.717) is 23.6 Å². The van der Waals surface area contributed by atoms with Crippen LogP contribution in [-0.4, -0.2) is 25.1 Å². The second kappa shape index (κ2) is 7.98. The van der Waals surface area contributed by atoms with Crippen molar-refractivity contribution in [2.45, 2.75) is 19.2 Å². The fourth-order valence-electron chi connectivity index (χ4n) is 2.18. The van der Waals surface area contributed by atoms with Gasteiger partial charge in [0.2, 0.25) is 0 Å². The van der Waals surface area contributed by atoms with Crippen LogP contribution in [0.25, 0.3) is 0 Å². The Hall–Kier alpha value is -3.23. The van der Waals surface area contributed by atoms with Crippen molar-refractivity contribution >= 4 is 23.3 Å². The first kappa shape index (κ1) is 20.1. The van der Waals surface area contributed by atoms with E-state index in [-0.39, 0.29) is 5.56 Å². The van der Waals surface area contributed by atoms with Gasteiger partial charge < -0.3 is 20.5 Å². The van der Waals surface area contributed by atoms with E-state index in [1.807, 2.05) is 0 Å². The van der Waals surface area contributed by atoms with E-state index < -0.39 is 35.4 Å². The second-order valence-corrected chi connectivity index (χ2v) is 5.54. The summed E-state index contributed by atoms with van der Waals surface area (Å²) >= 11 is 0. The van der Waals surface area contributed by atoms with Gasteiger partial charge in [-0.15, -0.1) is 0 Å². The Bertz CT molecular complexity index is 853. The summed E-state index contributed by atoms with van der Waals surface area (Å²) in [6, 6.07) is 8.88. The van der Waals surface area contributed by atoms with Crippen molar-refractivity contribution in [1.82, 2.24) is 0 Å². The number of methoxy groups -OCH3 is 1. The molecule has 0 saturated heterocycles. The van der Waals surface area contributed by atoms with Gasteiger partial charge in [0.1, 0.15) is 5.75 Å². The third-order valence-corrected chi connectivity index (χ3v) is 3.62. The predicted molar refractivity (Wildman–Crippen MR) is 92.4 cm³/mol. The number of nitrogens with one attached hydrogen (secondary N) is 1. The van der Waals surface area contributed by atoms with Crippen LogP contribution in [0.15, 0.2) is 42.5 Å². The molecule has 27 heavy (non-hydrogen) atoms. The number of rotatable bonds is 5. The lowest BCUT2D eigenvalue weighted by molar-refractivity contribution is -0.137. The molecule has 144 valence electrons. The molecule has 0 heterocycles. The molecule has 0 radical (unpaired) electrons. The average molecular weight is 382 g/mol. The zero-order valence-electron chi connectivity index (χ0n) is 14.5. The Morgan fingerprint density at radius 2 is 1.81 bits per heavy atom. The molecule has 1 amide bonds. The fourth-order valence-corrected chi connectivity index (χ4v) is 2.18. The maximum absolute atomic E-state index is 12.7. The molecule has 0 aromatic heterocycles. The van der Waals surface area contributed by atoms with Crippen molar-refractivity contribution in [2.24, 2.45) is 0 Å². The first-order valence-corrected chi connectivity index (χ1v) is 7.75. The summed E-state index contributed by atoms with van der Waals surface area (Å²) in [5.74, 6) is -1.24. The van der Waals surface area contributed by atoms with Crippen LogP contribution in [0.4, 0.5) is 24.5 Å². The maximum Gasteiger partial charge on any atom is 0.416 e. The lowest BCUT2D eigenvalue weighted by atomic mass is 10.1. The summed E-state index contributed by atoms with van der Waals surface area (Å²) in [6.45, 7) is 1.32. The minimum Gasteiger partial charge on any atom is -0.495 e. The number of carbonyl (C=O) groups is 2. The normalized spacial score (nSPS) is 12.2. The number of carbonyl (C=O) groups excluding carboxylic acids is 2. The molecular formula is C18H17F3N2O4. The Balaban J connectivity index is 2.08. The molecule has 6 nitrogen and oxygen atoms in total. The fraction of sp³-hybridized carbons (Fsp3) is 0.222. The Kier molecular flexibility index (Phi) is 5.94. The molecule has 0 unspecified atom stereocenters. The van der Waals surface area contributed by atoms with Crippen LogP contribution in [0, 0.1) is 0 Å². The minimum atomic E-state index is -4.58. The number of para-hydroxylation sites is 2. The van der Waals surface area contributed by atoms with Gasteiger partial charge in [-0.25, -0.2) is 4.79 Å². The SMILES string of the molecule is COc1ccccc1NC(=O)[C@@H](C)OC(=O)c1ccc(C(F)(F)F)cc1N. The molecule has 0 aliphatic rings. The minimum absolute atomic E-state index is 0.264. The van der Waals surface area contributed by atoms with E-state index >= 15 is 0 Å². The monoisotopic (exact) mass is 382 g/mol. The van der Waals surface area contributed by atoms with E-state index in [1.54, 1.807) is 24.3 Å². The van der Waals surface area contributed by atoms with E-state index in [0.717, 1.165) is 6.07 Å². The Morgan fingerprint density at radius 3 is 2.41 bits per heavy atom. The van der Waals surface area contributed by atoms with Gasteiger partial charge in [-0.1, -0.05) is 12.1 Å². The second-order valence-electron chi connectivity index (χ2n) is 5.54. The number of nitrogen functional groups attached to an aromatic ring is 1. The van der Waals surface area contributed by atoms with Crippen molar-refractivity contribution in [3.63, 3.8) is 0 Å². The number of ether oxygens (including phenoxy) is 2. The van der Waals surface area contributed by atoms with Crippen molar-refractivity contribution in [2.75, 3.05) is 18.2 Å². The average Bonchev–Trinajstić information content (AvgIpc) is 2.61. The standard InChI is InChI=1S/C18H17F3N2O4/c1-10(16(24)23-14-5-3-4-6-15(14)26-2)27-17(25)12-8-7-11(9-13(12)22)18(19,20)21/h3-10H,22H2,1-2H3,(H,23,24)/t10-/m1/s1. The summed E-state index contributed by atoms with van der Waals surface area (Å²) in [5, 5.41) is 2.54. The molecule has 0 spiro atoms. The van der Waals surface area contributed by atoms with E-state index in [1.165, 1.54) is 14.0 Å².